The normalized spacial score (nSPS) is 18.4. The number of piperidine rings is 1. The number of benzene rings is 2. The quantitative estimate of drug-likeness (QED) is 0.712. The number of amides is 1. The summed E-state index contributed by atoms with van der Waals surface area (Å²) in [5.74, 6) is -0.778. The number of methoxy groups -OCH3 is 1. The van der Waals surface area contributed by atoms with Crippen LogP contribution in [0.4, 0.5) is 8.78 Å². The number of halogens is 3. The minimum Gasteiger partial charge on any atom is -0.493 e. The summed E-state index contributed by atoms with van der Waals surface area (Å²) in [6.07, 6.45) is 0.910. The van der Waals surface area contributed by atoms with E-state index in [9.17, 15) is 13.6 Å². The van der Waals surface area contributed by atoms with Gasteiger partial charge in [0, 0.05) is 18.5 Å². The highest BCUT2D eigenvalue weighted by molar-refractivity contribution is 5.85. The second kappa shape index (κ2) is 11.0. The molecule has 0 aliphatic carbocycles. The van der Waals surface area contributed by atoms with Gasteiger partial charge >= 0.3 is 0 Å². The van der Waals surface area contributed by atoms with Crippen LogP contribution in [0.5, 0.6) is 11.5 Å². The minimum atomic E-state index is -0.869. The lowest BCUT2D eigenvalue weighted by Crippen LogP contribution is -2.50. The molecule has 0 spiro atoms. The minimum absolute atomic E-state index is 0. The van der Waals surface area contributed by atoms with E-state index in [4.69, 9.17) is 9.47 Å². The van der Waals surface area contributed by atoms with Crippen LogP contribution < -0.4 is 20.1 Å². The van der Waals surface area contributed by atoms with Crippen molar-refractivity contribution in [3.8, 4) is 11.5 Å². The second-order valence-corrected chi connectivity index (χ2v) is 6.70. The number of para-hydroxylation sites is 2. The average Bonchev–Trinajstić information content (AvgIpc) is 2.71. The van der Waals surface area contributed by atoms with Crippen LogP contribution in [0.15, 0.2) is 42.5 Å². The maximum absolute atomic E-state index is 13.6. The zero-order valence-corrected chi connectivity index (χ0v) is 16.9. The van der Waals surface area contributed by atoms with Gasteiger partial charge in [-0.2, -0.15) is 0 Å². The van der Waals surface area contributed by atoms with Gasteiger partial charge in [0.1, 0.15) is 0 Å². The van der Waals surface area contributed by atoms with Crippen molar-refractivity contribution in [2.45, 2.75) is 24.8 Å². The Kier molecular flexibility index (Phi) is 8.67. The SMILES string of the molecule is COc1ccccc1OCCC(=O)NC1CNCCC1c1ccc(F)c(F)c1.Cl. The molecule has 2 aromatic rings. The molecule has 0 bridgehead atoms. The van der Waals surface area contributed by atoms with Gasteiger partial charge in [0.2, 0.25) is 5.91 Å². The molecular weight excluding hydrogens is 402 g/mol. The Hall–Kier alpha value is -2.38. The number of carbonyl (C=O) groups excluding carboxylic acids is 1. The Balaban J connectivity index is 0.00000300. The van der Waals surface area contributed by atoms with Crippen LogP contribution in [0.25, 0.3) is 0 Å². The van der Waals surface area contributed by atoms with Crippen molar-refractivity contribution >= 4 is 18.3 Å². The second-order valence-electron chi connectivity index (χ2n) is 6.70. The lowest BCUT2D eigenvalue weighted by Gasteiger charge is -2.33. The van der Waals surface area contributed by atoms with Crippen LogP contribution in [-0.2, 0) is 4.79 Å². The van der Waals surface area contributed by atoms with Gasteiger partial charge in [-0.15, -0.1) is 12.4 Å². The molecule has 1 amide bonds. The van der Waals surface area contributed by atoms with Crippen molar-refractivity contribution in [2.24, 2.45) is 0 Å². The van der Waals surface area contributed by atoms with Gasteiger partial charge in [0.25, 0.3) is 0 Å². The van der Waals surface area contributed by atoms with Gasteiger partial charge in [-0.1, -0.05) is 18.2 Å². The Bertz CT molecular complexity index is 822. The molecule has 1 aliphatic heterocycles. The van der Waals surface area contributed by atoms with E-state index < -0.39 is 11.6 Å². The van der Waals surface area contributed by atoms with Crippen molar-refractivity contribution < 1.29 is 23.0 Å². The van der Waals surface area contributed by atoms with Gasteiger partial charge in [0.15, 0.2) is 23.1 Å². The molecule has 1 aliphatic rings. The molecule has 8 heteroatoms. The van der Waals surface area contributed by atoms with Crippen molar-refractivity contribution in [2.75, 3.05) is 26.8 Å². The summed E-state index contributed by atoms with van der Waals surface area (Å²) in [5.41, 5.74) is 0.691. The van der Waals surface area contributed by atoms with E-state index in [0.717, 1.165) is 19.0 Å². The van der Waals surface area contributed by atoms with E-state index in [-0.39, 0.29) is 43.3 Å². The molecule has 1 saturated heterocycles. The summed E-state index contributed by atoms with van der Waals surface area (Å²) in [6.45, 7) is 1.54. The van der Waals surface area contributed by atoms with Crippen LogP contribution in [-0.4, -0.2) is 38.8 Å². The summed E-state index contributed by atoms with van der Waals surface area (Å²) in [5, 5.41) is 6.22. The Morgan fingerprint density at radius 3 is 2.66 bits per heavy atom. The van der Waals surface area contributed by atoms with E-state index in [0.29, 0.717) is 23.6 Å². The van der Waals surface area contributed by atoms with E-state index in [1.54, 1.807) is 25.3 Å². The Labute approximate surface area is 175 Å². The summed E-state index contributed by atoms with van der Waals surface area (Å²) in [6, 6.07) is 11.0. The first kappa shape index (κ1) is 22.9. The lowest BCUT2D eigenvalue weighted by molar-refractivity contribution is -0.122. The number of hydrogen-bond acceptors (Lipinski definition) is 4. The smallest absolute Gasteiger partial charge is 0.223 e. The van der Waals surface area contributed by atoms with Crippen LogP contribution >= 0.6 is 12.4 Å². The molecule has 158 valence electrons. The van der Waals surface area contributed by atoms with Crippen molar-refractivity contribution in [1.29, 1.82) is 0 Å². The molecule has 2 unspecified atom stereocenters. The number of carbonyl (C=O) groups is 1. The molecular formula is C21H25ClF2N2O3. The Morgan fingerprint density at radius 2 is 1.93 bits per heavy atom. The van der Waals surface area contributed by atoms with E-state index in [1.165, 1.54) is 6.07 Å². The molecule has 2 N–H and O–H groups in total. The predicted octanol–water partition coefficient (Wildman–Crippen LogP) is 3.43. The van der Waals surface area contributed by atoms with Crippen molar-refractivity contribution in [1.82, 2.24) is 10.6 Å². The standard InChI is InChI=1S/C21H24F2N2O3.ClH/c1-27-19-4-2-3-5-20(19)28-11-9-21(26)25-18-13-24-10-8-15(18)14-6-7-16(22)17(23)12-14;/h2-7,12,15,18,24H,8-11,13H2,1H3,(H,25,26);1H. The van der Waals surface area contributed by atoms with E-state index in [2.05, 4.69) is 10.6 Å². The summed E-state index contributed by atoms with van der Waals surface area (Å²) in [4.78, 5) is 12.4. The third-order valence-corrected chi connectivity index (χ3v) is 4.86. The molecule has 3 rings (SSSR count). The zero-order chi connectivity index (χ0) is 19.9. The van der Waals surface area contributed by atoms with Crippen LogP contribution in [0.3, 0.4) is 0 Å². The molecule has 0 radical (unpaired) electrons. The molecule has 1 fully saturated rings. The third kappa shape index (κ3) is 6.05. The Morgan fingerprint density at radius 1 is 1.17 bits per heavy atom. The number of ether oxygens (including phenoxy) is 2. The average molecular weight is 427 g/mol. The first-order chi connectivity index (χ1) is 13.6. The molecule has 29 heavy (non-hydrogen) atoms. The molecule has 2 atom stereocenters. The fourth-order valence-electron chi connectivity index (χ4n) is 3.42. The topological polar surface area (TPSA) is 59.6 Å². The first-order valence-electron chi connectivity index (χ1n) is 9.29. The number of rotatable bonds is 7. The van der Waals surface area contributed by atoms with E-state index >= 15 is 0 Å². The largest absolute Gasteiger partial charge is 0.493 e. The fraction of sp³-hybridized carbons (Fsp3) is 0.381. The fourth-order valence-corrected chi connectivity index (χ4v) is 3.42. The highest BCUT2D eigenvalue weighted by Gasteiger charge is 2.28. The molecule has 1 heterocycles. The van der Waals surface area contributed by atoms with Crippen LogP contribution in [0.1, 0.15) is 24.3 Å². The highest BCUT2D eigenvalue weighted by atomic mass is 35.5. The summed E-state index contributed by atoms with van der Waals surface area (Å²) >= 11 is 0. The number of nitrogens with one attached hydrogen (secondary N) is 2. The van der Waals surface area contributed by atoms with Crippen LogP contribution in [0.2, 0.25) is 0 Å². The monoisotopic (exact) mass is 426 g/mol. The molecule has 0 saturated carbocycles. The zero-order valence-electron chi connectivity index (χ0n) is 16.1. The highest BCUT2D eigenvalue weighted by Crippen LogP contribution is 2.28. The van der Waals surface area contributed by atoms with Crippen molar-refractivity contribution in [3.05, 3.63) is 59.7 Å². The molecule has 5 nitrogen and oxygen atoms in total. The first-order valence-corrected chi connectivity index (χ1v) is 9.29. The van der Waals surface area contributed by atoms with Gasteiger partial charge in [-0.25, -0.2) is 8.78 Å². The summed E-state index contributed by atoms with van der Waals surface area (Å²) in [7, 11) is 1.56. The maximum Gasteiger partial charge on any atom is 0.223 e. The molecule has 2 aromatic carbocycles. The van der Waals surface area contributed by atoms with Gasteiger partial charge in [-0.05, 0) is 42.8 Å². The van der Waals surface area contributed by atoms with Gasteiger partial charge in [-0.3, -0.25) is 4.79 Å². The summed E-state index contributed by atoms with van der Waals surface area (Å²) < 4.78 is 37.7. The van der Waals surface area contributed by atoms with E-state index in [1.807, 2.05) is 12.1 Å². The predicted molar refractivity (Wildman–Crippen MR) is 109 cm³/mol. The van der Waals surface area contributed by atoms with Crippen molar-refractivity contribution in [3.63, 3.8) is 0 Å². The van der Waals surface area contributed by atoms with Gasteiger partial charge < -0.3 is 20.1 Å². The molecule has 0 aromatic heterocycles. The number of hydrogen-bond donors (Lipinski definition) is 2. The lowest BCUT2D eigenvalue weighted by atomic mass is 9.86. The van der Waals surface area contributed by atoms with Crippen LogP contribution in [0, 0.1) is 11.6 Å². The maximum atomic E-state index is 13.6. The van der Waals surface area contributed by atoms with Gasteiger partial charge in [0.05, 0.1) is 20.1 Å². The third-order valence-electron chi connectivity index (χ3n) is 4.86.